The highest BCUT2D eigenvalue weighted by atomic mass is 16.6. The van der Waals surface area contributed by atoms with Crippen LogP contribution >= 0.6 is 0 Å². The molecule has 2 aromatic rings. The summed E-state index contributed by atoms with van der Waals surface area (Å²) in [7, 11) is 3.32. The van der Waals surface area contributed by atoms with Crippen molar-refractivity contribution >= 4 is 6.09 Å². The Balaban J connectivity index is 2.08. The molecule has 0 aliphatic heterocycles. The van der Waals surface area contributed by atoms with Gasteiger partial charge in [-0.3, -0.25) is 9.97 Å². The first-order valence-corrected chi connectivity index (χ1v) is 6.32. The molecule has 104 valence electrons. The quantitative estimate of drug-likeness (QED) is 0.856. The SMILES string of the molecule is CN(C)C(=O)OCc1ccccc1Cc1cnccn1. The summed E-state index contributed by atoms with van der Waals surface area (Å²) in [6.07, 6.45) is 5.38. The van der Waals surface area contributed by atoms with Crippen LogP contribution in [0.1, 0.15) is 16.8 Å². The van der Waals surface area contributed by atoms with Crippen molar-refractivity contribution in [1.82, 2.24) is 14.9 Å². The van der Waals surface area contributed by atoms with Gasteiger partial charge in [0.2, 0.25) is 0 Å². The molecule has 1 aromatic heterocycles. The van der Waals surface area contributed by atoms with Crippen LogP contribution in [0.5, 0.6) is 0 Å². The van der Waals surface area contributed by atoms with Crippen molar-refractivity contribution in [1.29, 1.82) is 0 Å². The van der Waals surface area contributed by atoms with Gasteiger partial charge in [-0.05, 0) is 11.1 Å². The molecular formula is C15H17N3O2. The van der Waals surface area contributed by atoms with Gasteiger partial charge in [0.15, 0.2) is 0 Å². The molecule has 2 rings (SSSR count). The van der Waals surface area contributed by atoms with Crippen LogP contribution in [-0.4, -0.2) is 35.1 Å². The summed E-state index contributed by atoms with van der Waals surface area (Å²) in [6.45, 7) is 0.257. The molecule has 0 radical (unpaired) electrons. The van der Waals surface area contributed by atoms with Crippen LogP contribution < -0.4 is 0 Å². The van der Waals surface area contributed by atoms with Crippen molar-refractivity contribution in [3.8, 4) is 0 Å². The van der Waals surface area contributed by atoms with Crippen LogP contribution in [0.2, 0.25) is 0 Å². The van der Waals surface area contributed by atoms with E-state index < -0.39 is 0 Å². The van der Waals surface area contributed by atoms with Crippen LogP contribution in [0.3, 0.4) is 0 Å². The second kappa shape index (κ2) is 6.65. The van der Waals surface area contributed by atoms with E-state index in [4.69, 9.17) is 4.74 Å². The first kappa shape index (κ1) is 14.0. The van der Waals surface area contributed by atoms with Crippen LogP contribution in [0, 0.1) is 0 Å². The molecule has 0 saturated heterocycles. The standard InChI is InChI=1S/C15H17N3O2/c1-18(2)15(19)20-11-13-6-4-3-5-12(13)9-14-10-16-7-8-17-14/h3-8,10H,9,11H2,1-2H3. The molecule has 0 fully saturated rings. The topological polar surface area (TPSA) is 55.3 Å². The van der Waals surface area contributed by atoms with Crippen LogP contribution in [-0.2, 0) is 17.8 Å². The van der Waals surface area contributed by atoms with E-state index in [9.17, 15) is 4.79 Å². The molecule has 0 spiro atoms. The number of benzene rings is 1. The number of carbonyl (C=O) groups excluding carboxylic acids is 1. The maximum absolute atomic E-state index is 11.5. The summed E-state index contributed by atoms with van der Waals surface area (Å²) in [5, 5.41) is 0. The number of nitrogens with zero attached hydrogens (tertiary/aromatic N) is 3. The fourth-order valence-electron chi connectivity index (χ4n) is 1.76. The molecule has 20 heavy (non-hydrogen) atoms. The van der Waals surface area contributed by atoms with Crippen LogP contribution in [0.4, 0.5) is 4.79 Å². The van der Waals surface area contributed by atoms with Gasteiger partial charge < -0.3 is 9.64 Å². The Morgan fingerprint density at radius 1 is 1.20 bits per heavy atom. The highest BCUT2D eigenvalue weighted by Gasteiger charge is 2.08. The zero-order valence-corrected chi connectivity index (χ0v) is 11.6. The predicted octanol–water partition coefficient (Wildman–Crippen LogP) is 2.27. The van der Waals surface area contributed by atoms with Gasteiger partial charge in [0.05, 0.1) is 5.69 Å². The molecule has 0 unspecified atom stereocenters. The number of ether oxygens (including phenoxy) is 1. The van der Waals surface area contributed by atoms with Crippen molar-refractivity contribution in [2.45, 2.75) is 13.0 Å². The number of rotatable bonds is 4. The first-order valence-electron chi connectivity index (χ1n) is 6.32. The molecule has 5 nitrogen and oxygen atoms in total. The van der Waals surface area contributed by atoms with E-state index in [1.165, 1.54) is 4.90 Å². The van der Waals surface area contributed by atoms with Crippen molar-refractivity contribution in [3.05, 3.63) is 59.7 Å². The average molecular weight is 271 g/mol. The third kappa shape index (κ3) is 3.78. The van der Waals surface area contributed by atoms with Crippen molar-refractivity contribution in [2.24, 2.45) is 0 Å². The summed E-state index contributed by atoms with van der Waals surface area (Å²) in [6, 6.07) is 7.85. The van der Waals surface area contributed by atoms with Gasteiger partial charge in [-0.1, -0.05) is 24.3 Å². The van der Waals surface area contributed by atoms with Gasteiger partial charge in [-0.15, -0.1) is 0 Å². The molecule has 0 N–H and O–H groups in total. The lowest BCUT2D eigenvalue weighted by Crippen LogP contribution is -2.22. The van der Waals surface area contributed by atoms with E-state index in [1.807, 2.05) is 24.3 Å². The number of amides is 1. The highest BCUT2D eigenvalue weighted by Crippen LogP contribution is 2.14. The summed E-state index contributed by atoms with van der Waals surface area (Å²) in [5.74, 6) is 0. The van der Waals surface area contributed by atoms with Gasteiger partial charge in [-0.25, -0.2) is 4.79 Å². The van der Waals surface area contributed by atoms with Gasteiger partial charge >= 0.3 is 6.09 Å². The smallest absolute Gasteiger partial charge is 0.409 e. The van der Waals surface area contributed by atoms with E-state index in [0.29, 0.717) is 6.42 Å². The monoisotopic (exact) mass is 271 g/mol. The second-order valence-electron chi connectivity index (χ2n) is 4.59. The highest BCUT2D eigenvalue weighted by molar-refractivity contribution is 5.66. The Hall–Kier alpha value is -2.43. The Kier molecular flexibility index (Phi) is 4.65. The Morgan fingerprint density at radius 2 is 1.95 bits per heavy atom. The minimum Gasteiger partial charge on any atom is -0.445 e. The maximum Gasteiger partial charge on any atom is 0.409 e. The lowest BCUT2D eigenvalue weighted by atomic mass is 10.0. The van der Waals surface area contributed by atoms with Crippen LogP contribution in [0.25, 0.3) is 0 Å². The number of hydrogen-bond acceptors (Lipinski definition) is 4. The maximum atomic E-state index is 11.5. The molecule has 0 aliphatic rings. The van der Waals surface area contributed by atoms with E-state index in [2.05, 4.69) is 9.97 Å². The van der Waals surface area contributed by atoms with Gasteiger partial charge in [0.1, 0.15) is 6.61 Å². The Labute approximate surface area is 118 Å². The summed E-state index contributed by atoms with van der Waals surface area (Å²) in [4.78, 5) is 21.2. The molecule has 1 aromatic carbocycles. The largest absolute Gasteiger partial charge is 0.445 e. The molecule has 0 saturated carbocycles. The molecule has 5 heteroatoms. The van der Waals surface area contributed by atoms with Gasteiger partial charge in [-0.2, -0.15) is 0 Å². The molecule has 0 aliphatic carbocycles. The fraction of sp³-hybridized carbons (Fsp3) is 0.267. The van der Waals surface area contributed by atoms with E-state index in [1.54, 1.807) is 32.7 Å². The first-order chi connectivity index (χ1) is 9.66. The number of aromatic nitrogens is 2. The number of hydrogen-bond donors (Lipinski definition) is 0. The van der Waals surface area contributed by atoms with Crippen molar-refractivity contribution in [3.63, 3.8) is 0 Å². The summed E-state index contributed by atoms with van der Waals surface area (Å²) >= 11 is 0. The molecular weight excluding hydrogens is 254 g/mol. The lowest BCUT2D eigenvalue weighted by Gasteiger charge is -2.13. The summed E-state index contributed by atoms with van der Waals surface area (Å²) < 4.78 is 5.22. The van der Waals surface area contributed by atoms with Gasteiger partial charge in [0.25, 0.3) is 0 Å². The molecule has 1 heterocycles. The lowest BCUT2D eigenvalue weighted by molar-refractivity contribution is 0.112. The predicted molar refractivity (Wildman–Crippen MR) is 75.2 cm³/mol. The van der Waals surface area contributed by atoms with E-state index in [-0.39, 0.29) is 12.7 Å². The molecule has 1 amide bonds. The Bertz CT molecular complexity index is 570. The molecule has 0 bridgehead atoms. The van der Waals surface area contributed by atoms with E-state index >= 15 is 0 Å². The van der Waals surface area contributed by atoms with Crippen LogP contribution in [0.15, 0.2) is 42.9 Å². The second-order valence-corrected chi connectivity index (χ2v) is 4.59. The van der Waals surface area contributed by atoms with Crippen molar-refractivity contribution < 1.29 is 9.53 Å². The summed E-state index contributed by atoms with van der Waals surface area (Å²) in [5.41, 5.74) is 2.95. The van der Waals surface area contributed by atoms with Gasteiger partial charge in [0, 0.05) is 39.1 Å². The third-order valence-electron chi connectivity index (χ3n) is 2.82. The zero-order chi connectivity index (χ0) is 14.4. The minimum atomic E-state index is -0.348. The third-order valence-corrected chi connectivity index (χ3v) is 2.82. The normalized spacial score (nSPS) is 10.1. The molecule has 0 atom stereocenters. The average Bonchev–Trinajstić information content (AvgIpc) is 2.47. The minimum absolute atomic E-state index is 0.257. The Morgan fingerprint density at radius 3 is 2.60 bits per heavy atom. The zero-order valence-electron chi connectivity index (χ0n) is 11.6. The van der Waals surface area contributed by atoms with Crippen molar-refractivity contribution in [2.75, 3.05) is 14.1 Å². The fourth-order valence-corrected chi connectivity index (χ4v) is 1.76. The van der Waals surface area contributed by atoms with E-state index in [0.717, 1.165) is 16.8 Å². The number of carbonyl (C=O) groups is 1.